The van der Waals surface area contributed by atoms with Crippen LogP contribution in [0.2, 0.25) is 0 Å². The Morgan fingerprint density at radius 1 is 0.811 bits per heavy atom. The standard InChI is InChI=1S/C31H48N2O4/c1-6-10-16-32(17-11-7-2)21-31(22-33(18-12-8-3)19-13-9-4)23-36-26-15-14-25-24(5)20-27(34)37-29(25)28(26)30(31)35/h14-15,20H,6-13,16-19,21-23H2,1-5H3. The maximum Gasteiger partial charge on any atom is 0.336 e. The summed E-state index contributed by atoms with van der Waals surface area (Å²) in [5.41, 5.74) is 0.493. The van der Waals surface area contributed by atoms with Crippen LogP contribution in [0.3, 0.4) is 0 Å². The van der Waals surface area contributed by atoms with Gasteiger partial charge in [0.15, 0.2) is 11.4 Å². The van der Waals surface area contributed by atoms with Crippen molar-refractivity contribution in [2.24, 2.45) is 5.41 Å². The van der Waals surface area contributed by atoms with Crippen LogP contribution in [0.4, 0.5) is 0 Å². The van der Waals surface area contributed by atoms with Crippen LogP contribution in [0.15, 0.2) is 27.4 Å². The molecule has 0 radical (unpaired) electrons. The van der Waals surface area contributed by atoms with Crippen LogP contribution >= 0.6 is 0 Å². The third kappa shape index (κ3) is 7.23. The zero-order valence-corrected chi connectivity index (χ0v) is 23.9. The van der Waals surface area contributed by atoms with Crippen molar-refractivity contribution in [1.82, 2.24) is 9.80 Å². The van der Waals surface area contributed by atoms with Crippen molar-refractivity contribution in [3.8, 4) is 5.75 Å². The summed E-state index contributed by atoms with van der Waals surface area (Å²) >= 11 is 0. The molecule has 0 aliphatic carbocycles. The van der Waals surface area contributed by atoms with Gasteiger partial charge in [-0.25, -0.2) is 4.79 Å². The number of ether oxygens (including phenoxy) is 1. The number of rotatable bonds is 16. The second-order valence-electron chi connectivity index (χ2n) is 10.9. The number of hydrogen-bond acceptors (Lipinski definition) is 6. The van der Waals surface area contributed by atoms with Crippen LogP contribution in [0.25, 0.3) is 11.0 Å². The lowest BCUT2D eigenvalue weighted by molar-refractivity contribution is 0.0286. The second kappa shape index (κ2) is 14.1. The highest BCUT2D eigenvalue weighted by molar-refractivity contribution is 6.12. The van der Waals surface area contributed by atoms with Gasteiger partial charge in [-0.15, -0.1) is 0 Å². The molecule has 1 aliphatic heterocycles. The minimum atomic E-state index is -0.716. The second-order valence-corrected chi connectivity index (χ2v) is 10.9. The molecule has 6 heteroatoms. The van der Waals surface area contributed by atoms with Gasteiger partial charge in [0, 0.05) is 24.5 Å². The number of fused-ring (bicyclic) bond motifs is 3. The third-order valence-corrected chi connectivity index (χ3v) is 7.66. The number of nitrogens with zero attached hydrogens (tertiary/aromatic N) is 2. The minimum absolute atomic E-state index is 0.0593. The molecule has 3 rings (SSSR count). The van der Waals surface area contributed by atoms with Gasteiger partial charge in [-0.1, -0.05) is 53.4 Å². The van der Waals surface area contributed by atoms with E-state index >= 15 is 0 Å². The molecule has 2 aromatic rings. The van der Waals surface area contributed by atoms with E-state index in [1.165, 1.54) is 6.07 Å². The van der Waals surface area contributed by atoms with Gasteiger partial charge in [-0.05, 0) is 76.5 Å². The molecule has 2 heterocycles. The molecular formula is C31H48N2O4. The maximum atomic E-state index is 14.6. The number of carbonyl (C=O) groups is 1. The Hall–Kier alpha value is -2.18. The fraction of sp³-hybridized carbons (Fsp3) is 0.677. The number of aryl methyl sites for hydroxylation is 1. The van der Waals surface area contributed by atoms with Gasteiger partial charge in [0.1, 0.15) is 17.9 Å². The summed E-state index contributed by atoms with van der Waals surface area (Å²) in [6, 6.07) is 5.26. The summed E-state index contributed by atoms with van der Waals surface area (Å²) in [5, 5.41) is 0.800. The summed E-state index contributed by atoms with van der Waals surface area (Å²) < 4.78 is 12.1. The number of hydrogen-bond donors (Lipinski definition) is 0. The van der Waals surface area contributed by atoms with E-state index in [0.717, 1.165) is 88.5 Å². The molecular weight excluding hydrogens is 464 g/mol. The molecule has 1 aromatic heterocycles. The smallest absolute Gasteiger partial charge is 0.336 e. The fourth-order valence-electron chi connectivity index (χ4n) is 5.46. The predicted molar refractivity (Wildman–Crippen MR) is 152 cm³/mol. The Morgan fingerprint density at radius 3 is 1.81 bits per heavy atom. The lowest BCUT2D eigenvalue weighted by Gasteiger charge is -2.43. The minimum Gasteiger partial charge on any atom is -0.492 e. The van der Waals surface area contributed by atoms with E-state index in [-0.39, 0.29) is 5.78 Å². The Kier molecular flexibility index (Phi) is 11.2. The van der Waals surface area contributed by atoms with Crippen molar-refractivity contribution in [3.63, 3.8) is 0 Å². The number of benzene rings is 1. The van der Waals surface area contributed by atoms with E-state index < -0.39 is 11.0 Å². The molecule has 0 fully saturated rings. The molecule has 0 spiro atoms. The SMILES string of the molecule is CCCCN(CCCC)CC1(CN(CCCC)CCCC)COc2ccc3c(C)cc(=O)oc3c2C1=O. The molecule has 0 atom stereocenters. The molecule has 0 saturated heterocycles. The van der Waals surface area contributed by atoms with Gasteiger partial charge in [-0.2, -0.15) is 0 Å². The first kappa shape index (κ1) is 29.4. The highest BCUT2D eigenvalue weighted by Crippen LogP contribution is 2.40. The number of unbranched alkanes of at least 4 members (excludes halogenated alkanes) is 4. The molecule has 37 heavy (non-hydrogen) atoms. The first-order valence-corrected chi connectivity index (χ1v) is 14.6. The van der Waals surface area contributed by atoms with Gasteiger partial charge < -0.3 is 19.0 Å². The van der Waals surface area contributed by atoms with Crippen molar-refractivity contribution in [2.75, 3.05) is 45.9 Å². The van der Waals surface area contributed by atoms with Crippen LogP contribution in [-0.4, -0.2) is 61.5 Å². The summed E-state index contributed by atoms with van der Waals surface area (Å²) in [6.07, 6.45) is 8.92. The highest BCUT2D eigenvalue weighted by Gasteiger charge is 2.47. The van der Waals surface area contributed by atoms with E-state index in [1.807, 2.05) is 19.1 Å². The van der Waals surface area contributed by atoms with Crippen molar-refractivity contribution in [2.45, 2.75) is 86.0 Å². The van der Waals surface area contributed by atoms with Crippen LogP contribution in [0.1, 0.15) is 95.0 Å². The Bertz CT molecular complexity index is 1040. The highest BCUT2D eigenvalue weighted by atomic mass is 16.5. The Morgan fingerprint density at radius 2 is 1.32 bits per heavy atom. The molecule has 0 saturated carbocycles. The van der Waals surface area contributed by atoms with Crippen molar-refractivity contribution in [1.29, 1.82) is 0 Å². The zero-order chi connectivity index (χ0) is 26.8. The normalized spacial score (nSPS) is 14.9. The maximum absolute atomic E-state index is 14.6. The zero-order valence-electron chi connectivity index (χ0n) is 23.9. The topological polar surface area (TPSA) is 63.0 Å². The summed E-state index contributed by atoms with van der Waals surface area (Å²) in [7, 11) is 0. The van der Waals surface area contributed by atoms with E-state index in [2.05, 4.69) is 37.5 Å². The molecule has 1 aliphatic rings. The van der Waals surface area contributed by atoms with Crippen LogP contribution in [0.5, 0.6) is 5.75 Å². The molecule has 0 bridgehead atoms. The molecule has 6 nitrogen and oxygen atoms in total. The average Bonchev–Trinajstić information content (AvgIpc) is 2.88. The van der Waals surface area contributed by atoms with Crippen molar-refractivity contribution >= 4 is 16.8 Å². The predicted octanol–water partition coefficient (Wildman–Crippen LogP) is 6.47. The fourth-order valence-corrected chi connectivity index (χ4v) is 5.46. The van der Waals surface area contributed by atoms with Gasteiger partial charge >= 0.3 is 5.63 Å². The third-order valence-electron chi connectivity index (χ3n) is 7.66. The van der Waals surface area contributed by atoms with Crippen LogP contribution in [-0.2, 0) is 0 Å². The van der Waals surface area contributed by atoms with E-state index in [9.17, 15) is 9.59 Å². The molecule has 1 aromatic carbocycles. The van der Waals surface area contributed by atoms with Crippen LogP contribution in [0, 0.1) is 12.3 Å². The van der Waals surface area contributed by atoms with E-state index in [0.29, 0.717) is 36.6 Å². The van der Waals surface area contributed by atoms with Gasteiger partial charge in [0.2, 0.25) is 0 Å². The Balaban J connectivity index is 2.09. The molecule has 0 unspecified atom stereocenters. The Labute approximate surface area is 223 Å². The number of carbonyl (C=O) groups excluding carboxylic acids is 1. The quantitative estimate of drug-likeness (QED) is 0.240. The summed E-state index contributed by atoms with van der Waals surface area (Å²) in [4.78, 5) is 31.9. The lowest BCUT2D eigenvalue weighted by Crippen LogP contribution is -2.56. The largest absolute Gasteiger partial charge is 0.492 e. The van der Waals surface area contributed by atoms with Crippen molar-refractivity contribution in [3.05, 3.63) is 39.7 Å². The first-order valence-electron chi connectivity index (χ1n) is 14.6. The molecule has 0 N–H and O–H groups in total. The molecule has 206 valence electrons. The first-order chi connectivity index (χ1) is 17.9. The summed E-state index contributed by atoms with van der Waals surface area (Å²) in [5.74, 6) is 0.591. The van der Waals surface area contributed by atoms with Crippen molar-refractivity contribution < 1.29 is 13.9 Å². The van der Waals surface area contributed by atoms with Crippen LogP contribution < -0.4 is 10.4 Å². The van der Waals surface area contributed by atoms with Gasteiger partial charge in [0.05, 0.1) is 5.41 Å². The summed E-state index contributed by atoms with van der Waals surface area (Å²) in [6.45, 7) is 16.3. The monoisotopic (exact) mass is 512 g/mol. The van der Waals surface area contributed by atoms with E-state index in [4.69, 9.17) is 9.15 Å². The van der Waals surface area contributed by atoms with Gasteiger partial charge in [-0.3, -0.25) is 4.79 Å². The average molecular weight is 513 g/mol. The molecule has 0 amide bonds. The lowest BCUT2D eigenvalue weighted by atomic mass is 9.77. The van der Waals surface area contributed by atoms with E-state index in [1.54, 1.807) is 0 Å². The number of ketones is 1. The number of Topliss-reactive ketones (excluding diaryl/α,β-unsaturated/α-hetero) is 1. The van der Waals surface area contributed by atoms with Gasteiger partial charge in [0.25, 0.3) is 0 Å².